The van der Waals surface area contributed by atoms with Gasteiger partial charge in [-0.1, -0.05) is 0 Å². The molecule has 0 aromatic heterocycles. The minimum absolute atomic E-state index is 0.194. The van der Waals surface area contributed by atoms with Gasteiger partial charge in [-0.25, -0.2) is 8.42 Å². The van der Waals surface area contributed by atoms with E-state index in [0.29, 0.717) is 24.9 Å². The first kappa shape index (κ1) is 10.4. The zero-order valence-corrected chi connectivity index (χ0v) is 9.27. The molecule has 0 aromatic rings. The molecule has 0 aromatic carbocycles. The summed E-state index contributed by atoms with van der Waals surface area (Å²) in [7, 11) is -2.87. The van der Waals surface area contributed by atoms with E-state index < -0.39 is 15.4 Å². The van der Waals surface area contributed by atoms with E-state index in [1.807, 2.05) is 6.92 Å². The van der Waals surface area contributed by atoms with Gasteiger partial charge in [0.1, 0.15) is 0 Å². The van der Waals surface area contributed by atoms with Gasteiger partial charge in [0, 0.05) is 12.6 Å². The Hall–Kier alpha value is -0.130. The van der Waals surface area contributed by atoms with Crippen molar-refractivity contribution in [2.45, 2.75) is 31.4 Å². The fourth-order valence-electron chi connectivity index (χ4n) is 2.18. The van der Waals surface area contributed by atoms with E-state index in [2.05, 4.69) is 5.32 Å². The van der Waals surface area contributed by atoms with Gasteiger partial charge < -0.3 is 10.1 Å². The first-order chi connectivity index (χ1) is 6.52. The van der Waals surface area contributed by atoms with E-state index in [1.165, 1.54) is 0 Å². The van der Waals surface area contributed by atoms with Gasteiger partial charge in [0.2, 0.25) is 0 Å². The molecule has 2 aliphatic heterocycles. The van der Waals surface area contributed by atoms with Crippen molar-refractivity contribution in [3.05, 3.63) is 0 Å². The van der Waals surface area contributed by atoms with Crippen molar-refractivity contribution in [2.24, 2.45) is 0 Å². The van der Waals surface area contributed by atoms with E-state index in [1.54, 1.807) is 0 Å². The van der Waals surface area contributed by atoms with Gasteiger partial charge in [-0.3, -0.25) is 0 Å². The lowest BCUT2D eigenvalue weighted by Gasteiger charge is -2.42. The van der Waals surface area contributed by atoms with Crippen LogP contribution < -0.4 is 5.32 Å². The molecular weight excluding hydrogens is 202 g/mol. The summed E-state index contributed by atoms with van der Waals surface area (Å²) in [5, 5.41) is 3.29. The molecule has 2 atom stereocenters. The number of hydrogen-bond donors (Lipinski definition) is 1. The third-order valence-corrected chi connectivity index (χ3v) is 4.86. The standard InChI is InChI=1S/C9H17NO3S/c1-8-5-13-9(6-10-8)3-2-4-14(11,12)7-9/h8,10H,2-7H2,1H3. The average Bonchev–Trinajstić information content (AvgIpc) is 2.09. The molecule has 2 aliphatic rings. The van der Waals surface area contributed by atoms with Crippen molar-refractivity contribution in [3.63, 3.8) is 0 Å². The number of rotatable bonds is 0. The zero-order chi connectivity index (χ0) is 10.2. The molecule has 2 rings (SSSR count). The average molecular weight is 219 g/mol. The Morgan fingerprint density at radius 3 is 2.86 bits per heavy atom. The maximum atomic E-state index is 11.5. The van der Waals surface area contributed by atoms with Crippen LogP contribution in [0.25, 0.3) is 0 Å². The lowest BCUT2D eigenvalue weighted by molar-refractivity contribution is -0.0724. The highest BCUT2D eigenvalue weighted by molar-refractivity contribution is 7.91. The number of morpholine rings is 1. The van der Waals surface area contributed by atoms with Gasteiger partial charge in [-0.15, -0.1) is 0 Å². The highest BCUT2D eigenvalue weighted by atomic mass is 32.2. The maximum Gasteiger partial charge on any atom is 0.153 e. The molecular formula is C9H17NO3S. The second kappa shape index (κ2) is 3.47. The van der Waals surface area contributed by atoms with Crippen molar-refractivity contribution < 1.29 is 13.2 Å². The van der Waals surface area contributed by atoms with Gasteiger partial charge in [0.25, 0.3) is 0 Å². The minimum Gasteiger partial charge on any atom is -0.371 e. The minimum atomic E-state index is -2.87. The van der Waals surface area contributed by atoms with Gasteiger partial charge >= 0.3 is 0 Å². The first-order valence-electron chi connectivity index (χ1n) is 5.09. The van der Waals surface area contributed by atoms with Crippen molar-refractivity contribution in [1.29, 1.82) is 0 Å². The quantitative estimate of drug-likeness (QED) is 0.620. The largest absolute Gasteiger partial charge is 0.371 e. The van der Waals surface area contributed by atoms with Crippen LogP contribution in [0.4, 0.5) is 0 Å². The Bertz CT molecular complexity index is 304. The molecule has 82 valence electrons. The molecule has 5 heteroatoms. The Morgan fingerprint density at radius 2 is 2.29 bits per heavy atom. The van der Waals surface area contributed by atoms with Crippen molar-refractivity contribution in [2.75, 3.05) is 24.7 Å². The van der Waals surface area contributed by atoms with Gasteiger partial charge in [0.05, 0.1) is 23.7 Å². The molecule has 1 N–H and O–H groups in total. The van der Waals surface area contributed by atoms with Crippen molar-refractivity contribution >= 4 is 9.84 Å². The van der Waals surface area contributed by atoms with E-state index in [-0.39, 0.29) is 5.75 Å². The topological polar surface area (TPSA) is 55.4 Å². The van der Waals surface area contributed by atoms with Crippen LogP contribution in [0.1, 0.15) is 19.8 Å². The Balaban J connectivity index is 2.09. The molecule has 2 heterocycles. The van der Waals surface area contributed by atoms with E-state index in [4.69, 9.17) is 4.74 Å². The Kier molecular flexibility index (Phi) is 2.57. The summed E-state index contributed by atoms with van der Waals surface area (Å²) in [6.07, 6.45) is 1.60. The van der Waals surface area contributed by atoms with Crippen LogP contribution >= 0.6 is 0 Å². The molecule has 0 aliphatic carbocycles. The molecule has 0 bridgehead atoms. The zero-order valence-electron chi connectivity index (χ0n) is 8.45. The lowest BCUT2D eigenvalue weighted by Crippen LogP contribution is -2.58. The van der Waals surface area contributed by atoms with Gasteiger partial charge in [-0.05, 0) is 19.8 Å². The molecule has 2 saturated heterocycles. The van der Waals surface area contributed by atoms with Crippen LogP contribution in [0.2, 0.25) is 0 Å². The SMILES string of the molecule is CC1COC2(CCCS(=O)(=O)C2)CN1. The van der Waals surface area contributed by atoms with Gasteiger partial charge in [0.15, 0.2) is 9.84 Å². The Labute approximate surface area is 84.9 Å². The fraction of sp³-hybridized carbons (Fsp3) is 1.00. The van der Waals surface area contributed by atoms with Crippen LogP contribution in [0.5, 0.6) is 0 Å². The van der Waals surface area contributed by atoms with Crippen LogP contribution in [0.3, 0.4) is 0 Å². The third-order valence-electron chi connectivity index (χ3n) is 2.98. The second-order valence-electron chi connectivity index (χ2n) is 4.47. The van der Waals surface area contributed by atoms with Gasteiger partial charge in [-0.2, -0.15) is 0 Å². The summed E-state index contributed by atoms with van der Waals surface area (Å²) in [6, 6.07) is 0.338. The normalized spacial score (nSPS) is 42.5. The molecule has 1 spiro atoms. The molecule has 2 fully saturated rings. The summed E-state index contributed by atoms with van der Waals surface area (Å²) < 4.78 is 28.7. The number of ether oxygens (including phenoxy) is 1. The van der Waals surface area contributed by atoms with Crippen LogP contribution in [-0.2, 0) is 14.6 Å². The molecule has 0 amide bonds. The lowest BCUT2D eigenvalue weighted by atomic mass is 9.97. The van der Waals surface area contributed by atoms with Crippen molar-refractivity contribution in [3.8, 4) is 0 Å². The molecule has 4 nitrogen and oxygen atoms in total. The number of sulfone groups is 1. The van der Waals surface area contributed by atoms with E-state index >= 15 is 0 Å². The summed E-state index contributed by atoms with van der Waals surface area (Å²) >= 11 is 0. The Morgan fingerprint density at radius 1 is 1.50 bits per heavy atom. The second-order valence-corrected chi connectivity index (χ2v) is 6.66. The molecule has 0 saturated carbocycles. The summed E-state index contributed by atoms with van der Waals surface area (Å²) in [4.78, 5) is 0. The summed E-state index contributed by atoms with van der Waals surface area (Å²) in [6.45, 7) is 3.34. The monoisotopic (exact) mass is 219 g/mol. The molecule has 14 heavy (non-hydrogen) atoms. The first-order valence-corrected chi connectivity index (χ1v) is 6.91. The maximum absolute atomic E-state index is 11.5. The van der Waals surface area contributed by atoms with Crippen LogP contribution in [0.15, 0.2) is 0 Å². The summed E-state index contributed by atoms with van der Waals surface area (Å²) in [5.74, 6) is 0.521. The fourth-order valence-corrected chi connectivity index (χ4v) is 4.04. The predicted octanol–water partition coefficient (Wildman–Crippen LogP) is -0.0579. The molecule has 0 radical (unpaired) electrons. The van der Waals surface area contributed by atoms with Crippen molar-refractivity contribution in [1.82, 2.24) is 5.32 Å². The van der Waals surface area contributed by atoms with Crippen LogP contribution in [-0.4, -0.2) is 44.7 Å². The summed E-state index contributed by atoms with van der Waals surface area (Å²) in [5.41, 5.74) is -0.427. The van der Waals surface area contributed by atoms with E-state index in [9.17, 15) is 8.42 Å². The van der Waals surface area contributed by atoms with Crippen LogP contribution in [0, 0.1) is 0 Å². The smallest absolute Gasteiger partial charge is 0.153 e. The number of hydrogen-bond acceptors (Lipinski definition) is 4. The van der Waals surface area contributed by atoms with E-state index in [0.717, 1.165) is 12.8 Å². The predicted molar refractivity (Wildman–Crippen MR) is 54.0 cm³/mol. The highest BCUT2D eigenvalue weighted by Crippen LogP contribution is 2.28. The third kappa shape index (κ3) is 2.10. The number of nitrogens with one attached hydrogen (secondary N) is 1. The highest BCUT2D eigenvalue weighted by Gasteiger charge is 2.42. The molecule has 2 unspecified atom stereocenters.